The highest BCUT2D eigenvalue weighted by Crippen LogP contribution is 2.29. The first-order valence-corrected chi connectivity index (χ1v) is 6.39. The third-order valence-corrected chi connectivity index (χ3v) is 3.07. The summed E-state index contributed by atoms with van der Waals surface area (Å²) in [6.45, 7) is 3.72. The number of aliphatic hydroxyl groups is 1. The van der Waals surface area contributed by atoms with E-state index in [1.165, 1.54) is 0 Å². The van der Waals surface area contributed by atoms with E-state index in [4.69, 9.17) is 4.74 Å². The lowest BCUT2D eigenvalue weighted by atomic mass is 10.3. The number of fused-ring (bicyclic) bond motifs is 1. The van der Waals surface area contributed by atoms with Crippen molar-refractivity contribution < 1.29 is 23.0 Å². The lowest BCUT2D eigenvalue weighted by molar-refractivity contribution is -0.148. The lowest BCUT2D eigenvalue weighted by Crippen LogP contribution is -2.40. The van der Waals surface area contributed by atoms with Crippen molar-refractivity contribution in [2.24, 2.45) is 0 Å². The Hall–Kier alpha value is -1.19. The van der Waals surface area contributed by atoms with Gasteiger partial charge in [0.25, 0.3) is 0 Å². The van der Waals surface area contributed by atoms with Crippen LogP contribution in [-0.2, 0) is 24.0 Å². The Morgan fingerprint density at radius 2 is 2.10 bits per heavy atom. The van der Waals surface area contributed by atoms with Crippen molar-refractivity contribution in [1.29, 1.82) is 0 Å². The minimum absolute atomic E-state index is 0.165. The smallest absolute Gasteiger partial charge is 0.389 e. The molecule has 0 saturated heterocycles. The summed E-state index contributed by atoms with van der Waals surface area (Å²) in [6, 6.07) is 0. The van der Waals surface area contributed by atoms with Crippen LogP contribution in [0.2, 0.25) is 0 Å². The summed E-state index contributed by atoms with van der Waals surface area (Å²) >= 11 is 0. The lowest BCUT2D eigenvalue weighted by Gasteiger charge is -2.29. The SMILES string of the molecule is CCOCC(O)CN1CCn2c(nnc2C(F)(F)F)C1. The summed E-state index contributed by atoms with van der Waals surface area (Å²) in [5, 5.41) is 16.5. The largest absolute Gasteiger partial charge is 0.451 e. The number of alkyl halides is 3. The van der Waals surface area contributed by atoms with Crippen molar-refractivity contribution in [2.75, 3.05) is 26.3 Å². The first kappa shape index (κ1) is 15.2. The first-order chi connectivity index (χ1) is 9.41. The van der Waals surface area contributed by atoms with Gasteiger partial charge in [-0.15, -0.1) is 10.2 Å². The molecule has 0 spiro atoms. The van der Waals surface area contributed by atoms with Gasteiger partial charge in [-0.1, -0.05) is 0 Å². The van der Waals surface area contributed by atoms with E-state index in [1.54, 1.807) is 0 Å². The molecule has 0 amide bonds. The van der Waals surface area contributed by atoms with E-state index in [0.29, 0.717) is 19.7 Å². The van der Waals surface area contributed by atoms with Gasteiger partial charge >= 0.3 is 6.18 Å². The third-order valence-electron chi connectivity index (χ3n) is 3.07. The van der Waals surface area contributed by atoms with Crippen molar-refractivity contribution in [1.82, 2.24) is 19.7 Å². The number of halogens is 3. The van der Waals surface area contributed by atoms with Crippen LogP contribution in [0, 0.1) is 0 Å². The quantitative estimate of drug-likeness (QED) is 0.857. The third kappa shape index (κ3) is 3.47. The van der Waals surface area contributed by atoms with Gasteiger partial charge in [0.15, 0.2) is 0 Å². The first-order valence-electron chi connectivity index (χ1n) is 6.39. The predicted octanol–water partition coefficient (Wildman–Crippen LogP) is 0.510. The molecule has 6 nitrogen and oxygen atoms in total. The molecule has 20 heavy (non-hydrogen) atoms. The van der Waals surface area contributed by atoms with Crippen molar-refractivity contribution in [3.8, 4) is 0 Å². The number of nitrogens with zero attached hydrogens (tertiary/aromatic N) is 4. The second kappa shape index (κ2) is 6.06. The van der Waals surface area contributed by atoms with Gasteiger partial charge in [-0.25, -0.2) is 0 Å². The van der Waals surface area contributed by atoms with E-state index < -0.39 is 18.1 Å². The Kier molecular flexibility index (Phi) is 4.61. The number of rotatable bonds is 5. The highest BCUT2D eigenvalue weighted by molar-refractivity contribution is 5.02. The van der Waals surface area contributed by atoms with Gasteiger partial charge in [-0.05, 0) is 6.92 Å². The molecule has 9 heteroatoms. The summed E-state index contributed by atoms with van der Waals surface area (Å²) in [5.41, 5.74) is 0. The summed E-state index contributed by atoms with van der Waals surface area (Å²) < 4.78 is 44.2. The van der Waals surface area contributed by atoms with Crippen LogP contribution in [0.3, 0.4) is 0 Å². The molecule has 1 aromatic heterocycles. The van der Waals surface area contributed by atoms with Crippen LogP contribution in [0.15, 0.2) is 0 Å². The van der Waals surface area contributed by atoms with E-state index in [0.717, 1.165) is 4.57 Å². The van der Waals surface area contributed by atoms with Gasteiger partial charge in [0.1, 0.15) is 5.82 Å². The molecule has 0 radical (unpaired) electrons. The maximum atomic E-state index is 12.7. The standard InChI is InChI=1S/C11H17F3N4O2/c1-2-20-7-8(19)5-17-3-4-18-9(6-17)15-16-10(18)11(12,13)14/h8,19H,2-7H2,1H3. The minimum Gasteiger partial charge on any atom is -0.389 e. The average Bonchev–Trinajstić information content (AvgIpc) is 2.79. The second-order valence-electron chi connectivity index (χ2n) is 4.64. The van der Waals surface area contributed by atoms with Crippen LogP contribution >= 0.6 is 0 Å². The normalized spacial score (nSPS) is 18.1. The molecule has 114 valence electrons. The van der Waals surface area contributed by atoms with Crippen molar-refractivity contribution in [3.63, 3.8) is 0 Å². The molecule has 0 fully saturated rings. The van der Waals surface area contributed by atoms with Gasteiger partial charge in [-0.3, -0.25) is 4.90 Å². The monoisotopic (exact) mass is 294 g/mol. The number of β-amino-alcohol motifs (C(OH)–C–C–N with tert-alkyl or cyclic N) is 1. The molecule has 2 rings (SSSR count). The number of ether oxygens (including phenoxy) is 1. The van der Waals surface area contributed by atoms with E-state index >= 15 is 0 Å². The zero-order valence-corrected chi connectivity index (χ0v) is 11.1. The molecular formula is C11H17F3N4O2. The molecule has 0 aliphatic carbocycles. The fourth-order valence-electron chi connectivity index (χ4n) is 2.18. The Morgan fingerprint density at radius 1 is 1.35 bits per heavy atom. The summed E-state index contributed by atoms with van der Waals surface area (Å²) in [6.07, 6.45) is -5.14. The second-order valence-corrected chi connectivity index (χ2v) is 4.64. The van der Waals surface area contributed by atoms with Crippen molar-refractivity contribution in [3.05, 3.63) is 11.6 Å². The Bertz CT molecular complexity index is 449. The molecule has 1 aliphatic heterocycles. The highest BCUT2D eigenvalue weighted by Gasteiger charge is 2.39. The fraction of sp³-hybridized carbons (Fsp3) is 0.818. The van der Waals surface area contributed by atoms with Crippen LogP contribution in [0.5, 0.6) is 0 Å². The molecule has 1 atom stereocenters. The van der Waals surface area contributed by atoms with E-state index in [-0.39, 0.29) is 25.5 Å². The predicted molar refractivity (Wildman–Crippen MR) is 62.8 cm³/mol. The van der Waals surface area contributed by atoms with E-state index in [9.17, 15) is 18.3 Å². The van der Waals surface area contributed by atoms with E-state index in [2.05, 4.69) is 10.2 Å². The summed E-state index contributed by atoms with van der Waals surface area (Å²) in [7, 11) is 0. The Morgan fingerprint density at radius 3 is 2.75 bits per heavy atom. The van der Waals surface area contributed by atoms with Crippen LogP contribution in [0.4, 0.5) is 13.2 Å². The minimum atomic E-state index is -4.48. The van der Waals surface area contributed by atoms with Crippen LogP contribution in [0.25, 0.3) is 0 Å². The summed E-state index contributed by atoms with van der Waals surface area (Å²) in [4.78, 5) is 1.84. The van der Waals surface area contributed by atoms with Gasteiger partial charge in [0.05, 0.1) is 19.3 Å². The highest BCUT2D eigenvalue weighted by atomic mass is 19.4. The van der Waals surface area contributed by atoms with Crippen molar-refractivity contribution >= 4 is 0 Å². The maximum Gasteiger partial charge on any atom is 0.451 e. The van der Waals surface area contributed by atoms with E-state index in [1.807, 2.05) is 11.8 Å². The molecule has 0 saturated carbocycles. The molecule has 1 unspecified atom stereocenters. The molecule has 1 aromatic rings. The maximum absolute atomic E-state index is 12.7. The number of hydrogen-bond acceptors (Lipinski definition) is 5. The Labute approximate surface area is 114 Å². The fourth-order valence-corrected chi connectivity index (χ4v) is 2.18. The Balaban J connectivity index is 1.97. The van der Waals surface area contributed by atoms with Gasteiger partial charge in [0.2, 0.25) is 5.82 Å². The zero-order valence-electron chi connectivity index (χ0n) is 11.1. The van der Waals surface area contributed by atoms with Crippen LogP contribution in [-0.4, -0.2) is 57.2 Å². The molecule has 1 N–H and O–H groups in total. The summed E-state index contributed by atoms with van der Waals surface area (Å²) in [5.74, 6) is -0.686. The number of aliphatic hydroxyl groups excluding tert-OH is 1. The van der Waals surface area contributed by atoms with Crippen molar-refractivity contribution in [2.45, 2.75) is 32.3 Å². The van der Waals surface area contributed by atoms with Gasteiger partial charge < -0.3 is 14.4 Å². The topological polar surface area (TPSA) is 63.4 Å². The number of aromatic nitrogens is 3. The number of hydrogen-bond donors (Lipinski definition) is 1. The van der Waals surface area contributed by atoms with Crippen LogP contribution < -0.4 is 0 Å². The van der Waals surface area contributed by atoms with Gasteiger partial charge in [0, 0.05) is 26.2 Å². The zero-order chi connectivity index (χ0) is 14.8. The average molecular weight is 294 g/mol. The molecule has 2 heterocycles. The molecule has 0 aromatic carbocycles. The molecule has 0 bridgehead atoms. The van der Waals surface area contributed by atoms with Crippen LogP contribution in [0.1, 0.15) is 18.6 Å². The molecular weight excluding hydrogens is 277 g/mol. The molecule has 1 aliphatic rings. The van der Waals surface area contributed by atoms with Gasteiger partial charge in [-0.2, -0.15) is 13.2 Å².